The maximum atomic E-state index is 11.7. The highest BCUT2D eigenvalue weighted by Crippen LogP contribution is 2.09. The Morgan fingerprint density at radius 1 is 1.19 bits per heavy atom. The van der Waals surface area contributed by atoms with Gasteiger partial charge in [0, 0.05) is 6.20 Å². The minimum absolute atomic E-state index is 0.147. The molecule has 0 aliphatic carbocycles. The molecule has 0 aliphatic rings. The van der Waals surface area contributed by atoms with E-state index in [1.807, 2.05) is 0 Å². The topological polar surface area (TPSA) is 99.6 Å². The van der Waals surface area contributed by atoms with Gasteiger partial charge in [-0.2, -0.15) is 4.98 Å². The molecule has 0 unspecified atom stereocenters. The predicted octanol–water partition coefficient (Wildman–Crippen LogP) is 0.907. The maximum absolute atomic E-state index is 11.7. The molecule has 0 amide bonds. The number of hydrogen-bond donors (Lipinski definition) is 1. The number of rotatable bonds is 7. The van der Waals surface area contributed by atoms with Gasteiger partial charge in [0.1, 0.15) is 0 Å². The minimum Gasteiger partial charge on any atom is -0.480 e. The summed E-state index contributed by atoms with van der Waals surface area (Å²) < 4.78 is 14.5. The molecule has 1 aromatic rings. The molecule has 8 heteroatoms. The number of nitrogens with zero attached hydrogens (tertiary/aromatic N) is 2. The van der Waals surface area contributed by atoms with Gasteiger partial charge in [0.25, 0.3) is 0 Å². The lowest BCUT2D eigenvalue weighted by molar-refractivity contribution is -0.146. The first-order valence-electron chi connectivity index (χ1n) is 6.29. The largest absolute Gasteiger partial charge is 0.480 e. The first-order valence-corrected chi connectivity index (χ1v) is 6.29. The molecular weight excluding hydrogens is 278 g/mol. The van der Waals surface area contributed by atoms with E-state index in [0.717, 1.165) is 0 Å². The summed E-state index contributed by atoms with van der Waals surface area (Å²) in [5, 5.41) is 2.68. The van der Waals surface area contributed by atoms with E-state index < -0.39 is 11.9 Å². The number of methoxy groups -OCH3 is 1. The van der Waals surface area contributed by atoms with Gasteiger partial charge in [0.15, 0.2) is 11.4 Å². The molecule has 0 aliphatic heterocycles. The summed E-state index contributed by atoms with van der Waals surface area (Å²) in [7, 11) is 1.45. The molecular formula is C13H17N3O5. The molecule has 1 aromatic heterocycles. The average Bonchev–Trinajstić information content (AvgIpc) is 2.48. The van der Waals surface area contributed by atoms with Crippen LogP contribution in [0.4, 0.5) is 5.82 Å². The first kappa shape index (κ1) is 16.4. The van der Waals surface area contributed by atoms with E-state index in [2.05, 4.69) is 15.3 Å². The highest BCUT2D eigenvalue weighted by atomic mass is 16.6. The monoisotopic (exact) mass is 295 g/mol. The fourth-order valence-corrected chi connectivity index (χ4v) is 1.28. The van der Waals surface area contributed by atoms with Gasteiger partial charge in [-0.3, -0.25) is 4.98 Å². The van der Waals surface area contributed by atoms with Crippen LogP contribution in [-0.4, -0.2) is 42.2 Å². The Morgan fingerprint density at radius 3 is 2.33 bits per heavy atom. The van der Waals surface area contributed by atoms with E-state index in [9.17, 15) is 9.59 Å². The Kier molecular flexibility index (Phi) is 6.66. The lowest BCUT2D eigenvalue weighted by atomic mass is 10.3. The number of anilines is 1. The van der Waals surface area contributed by atoms with Crippen molar-refractivity contribution in [3.8, 4) is 5.88 Å². The Balaban J connectivity index is 2.90. The van der Waals surface area contributed by atoms with Gasteiger partial charge in [-0.15, -0.1) is 0 Å². The quantitative estimate of drug-likeness (QED) is 0.343. The fourth-order valence-electron chi connectivity index (χ4n) is 1.28. The third kappa shape index (κ3) is 5.09. The molecule has 21 heavy (non-hydrogen) atoms. The van der Waals surface area contributed by atoms with Crippen LogP contribution in [0.2, 0.25) is 0 Å². The van der Waals surface area contributed by atoms with E-state index in [0.29, 0.717) is 11.7 Å². The second kappa shape index (κ2) is 8.51. The Morgan fingerprint density at radius 2 is 1.81 bits per heavy atom. The van der Waals surface area contributed by atoms with Crippen molar-refractivity contribution < 1.29 is 23.8 Å². The van der Waals surface area contributed by atoms with Crippen molar-refractivity contribution in [3.63, 3.8) is 0 Å². The van der Waals surface area contributed by atoms with Gasteiger partial charge in [-0.25, -0.2) is 9.59 Å². The normalized spacial score (nSPS) is 9.48. The number of esters is 2. The number of aromatic nitrogens is 2. The zero-order valence-corrected chi connectivity index (χ0v) is 12.1. The van der Waals surface area contributed by atoms with E-state index in [1.165, 1.54) is 25.7 Å². The van der Waals surface area contributed by atoms with Crippen LogP contribution in [0.5, 0.6) is 5.88 Å². The maximum Gasteiger partial charge on any atom is 0.347 e. The molecule has 0 saturated carbocycles. The third-order valence-electron chi connectivity index (χ3n) is 2.18. The number of nitrogens with one attached hydrogen (secondary N) is 1. The molecule has 0 bridgehead atoms. The van der Waals surface area contributed by atoms with Crippen LogP contribution < -0.4 is 10.1 Å². The Hall–Kier alpha value is -2.64. The van der Waals surface area contributed by atoms with Crippen LogP contribution in [-0.2, 0) is 19.1 Å². The molecule has 8 nitrogen and oxygen atoms in total. The molecule has 0 fully saturated rings. The van der Waals surface area contributed by atoms with Crippen LogP contribution in [0.3, 0.4) is 0 Å². The lowest BCUT2D eigenvalue weighted by Gasteiger charge is -2.07. The SMILES string of the molecule is CCOC(=O)C(=CNc1cncc(OC)n1)C(=O)OCC. The lowest BCUT2D eigenvalue weighted by Crippen LogP contribution is -2.19. The second-order valence-electron chi connectivity index (χ2n) is 3.59. The van der Waals surface area contributed by atoms with Crippen LogP contribution in [0.15, 0.2) is 24.2 Å². The van der Waals surface area contributed by atoms with Gasteiger partial charge < -0.3 is 19.5 Å². The van der Waals surface area contributed by atoms with Crippen molar-refractivity contribution in [3.05, 3.63) is 24.2 Å². The van der Waals surface area contributed by atoms with Crippen LogP contribution in [0, 0.1) is 0 Å². The van der Waals surface area contributed by atoms with E-state index in [4.69, 9.17) is 14.2 Å². The molecule has 1 N–H and O–H groups in total. The summed E-state index contributed by atoms with van der Waals surface area (Å²) in [6, 6.07) is 0. The van der Waals surface area contributed by atoms with Gasteiger partial charge >= 0.3 is 11.9 Å². The van der Waals surface area contributed by atoms with Crippen molar-refractivity contribution in [2.24, 2.45) is 0 Å². The predicted molar refractivity (Wildman–Crippen MR) is 73.6 cm³/mol. The van der Waals surface area contributed by atoms with Gasteiger partial charge in [0.2, 0.25) is 5.88 Å². The molecule has 0 radical (unpaired) electrons. The highest BCUT2D eigenvalue weighted by Gasteiger charge is 2.20. The first-order chi connectivity index (χ1) is 10.1. The van der Waals surface area contributed by atoms with Crippen LogP contribution in [0.1, 0.15) is 13.8 Å². The van der Waals surface area contributed by atoms with Gasteiger partial charge in [-0.05, 0) is 13.8 Å². The second-order valence-corrected chi connectivity index (χ2v) is 3.59. The summed E-state index contributed by atoms with van der Waals surface area (Å²) in [4.78, 5) is 31.3. The molecule has 114 valence electrons. The number of carbonyl (C=O) groups is 2. The zero-order chi connectivity index (χ0) is 15.7. The van der Waals surface area contributed by atoms with Crippen LogP contribution >= 0.6 is 0 Å². The van der Waals surface area contributed by atoms with E-state index >= 15 is 0 Å². The third-order valence-corrected chi connectivity index (χ3v) is 2.18. The molecule has 1 heterocycles. The summed E-state index contributed by atoms with van der Waals surface area (Å²) in [5.74, 6) is -0.957. The fraction of sp³-hybridized carbons (Fsp3) is 0.385. The zero-order valence-electron chi connectivity index (χ0n) is 12.1. The molecule has 0 atom stereocenters. The van der Waals surface area contributed by atoms with Crippen molar-refractivity contribution in [2.45, 2.75) is 13.8 Å². The molecule has 0 saturated heterocycles. The highest BCUT2D eigenvalue weighted by molar-refractivity contribution is 6.14. The van der Waals surface area contributed by atoms with E-state index in [1.54, 1.807) is 13.8 Å². The molecule has 1 rings (SSSR count). The number of ether oxygens (including phenoxy) is 3. The number of hydrogen-bond acceptors (Lipinski definition) is 8. The average molecular weight is 295 g/mol. The summed E-state index contributed by atoms with van der Waals surface area (Å²) in [5.41, 5.74) is -0.261. The van der Waals surface area contributed by atoms with Gasteiger partial charge in [-0.1, -0.05) is 0 Å². The smallest absolute Gasteiger partial charge is 0.347 e. The molecule has 0 aromatic carbocycles. The van der Waals surface area contributed by atoms with E-state index in [-0.39, 0.29) is 18.8 Å². The van der Waals surface area contributed by atoms with Gasteiger partial charge in [0.05, 0.1) is 32.7 Å². The summed E-state index contributed by atoms with van der Waals surface area (Å²) in [6.07, 6.45) is 4.00. The summed E-state index contributed by atoms with van der Waals surface area (Å²) >= 11 is 0. The standard InChI is InChI=1S/C13H17N3O5/c1-4-20-12(17)9(13(18)21-5-2)6-15-10-7-14-8-11(16-10)19-3/h6-8H,4-5H2,1-3H3,(H,15,16). The van der Waals surface area contributed by atoms with Crippen molar-refractivity contribution in [1.82, 2.24) is 9.97 Å². The molecule has 0 spiro atoms. The van der Waals surface area contributed by atoms with Crippen molar-refractivity contribution in [1.29, 1.82) is 0 Å². The Bertz CT molecular complexity index is 510. The van der Waals surface area contributed by atoms with Crippen LogP contribution in [0.25, 0.3) is 0 Å². The van der Waals surface area contributed by atoms with Crippen molar-refractivity contribution >= 4 is 17.8 Å². The Labute approximate surface area is 122 Å². The minimum atomic E-state index is -0.778. The summed E-state index contributed by atoms with van der Waals surface area (Å²) in [6.45, 7) is 3.58. The number of carbonyl (C=O) groups excluding carboxylic acids is 2. The van der Waals surface area contributed by atoms with Crippen molar-refractivity contribution in [2.75, 3.05) is 25.6 Å².